The van der Waals surface area contributed by atoms with Crippen LogP contribution in [0.5, 0.6) is 0 Å². The van der Waals surface area contributed by atoms with Crippen LogP contribution in [0.1, 0.15) is 11.3 Å². The molecule has 0 spiro atoms. The summed E-state index contributed by atoms with van der Waals surface area (Å²) in [5.41, 5.74) is 7.55. The number of hydrogen-bond acceptors (Lipinski definition) is 3. The first kappa shape index (κ1) is 9.24. The summed E-state index contributed by atoms with van der Waals surface area (Å²) in [5, 5.41) is 1.08. The molecule has 0 radical (unpaired) electrons. The number of methoxy groups -OCH3 is 1. The van der Waals surface area contributed by atoms with Crippen LogP contribution in [0.3, 0.4) is 0 Å². The highest BCUT2D eigenvalue weighted by Crippen LogP contribution is 2.20. The average molecular weight is 191 g/mol. The van der Waals surface area contributed by atoms with Crippen LogP contribution in [0, 0.1) is 0 Å². The van der Waals surface area contributed by atoms with Gasteiger partial charge < -0.3 is 14.9 Å². The molecule has 0 bridgehead atoms. The Balaban J connectivity index is 2.43. The van der Waals surface area contributed by atoms with E-state index in [1.807, 2.05) is 24.3 Å². The summed E-state index contributed by atoms with van der Waals surface area (Å²) in [7, 11) is 1.65. The number of fused-ring (bicyclic) bond motifs is 1. The van der Waals surface area contributed by atoms with Crippen LogP contribution in [-0.2, 0) is 17.9 Å². The fourth-order valence-electron chi connectivity index (χ4n) is 1.49. The molecular formula is C11H13NO2. The highest BCUT2D eigenvalue weighted by molar-refractivity contribution is 5.78. The summed E-state index contributed by atoms with van der Waals surface area (Å²) in [6, 6.07) is 7.94. The van der Waals surface area contributed by atoms with Crippen LogP contribution in [0.25, 0.3) is 11.0 Å². The van der Waals surface area contributed by atoms with Gasteiger partial charge in [0.2, 0.25) is 0 Å². The minimum Gasteiger partial charge on any atom is -0.459 e. The van der Waals surface area contributed by atoms with Crippen molar-refractivity contribution in [1.29, 1.82) is 0 Å². The molecule has 0 unspecified atom stereocenters. The van der Waals surface area contributed by atoms with Crippen LogP contribution in [0.15, 0.2) is 28.7 Å². The molecule has 3 nitrogen and oxygen atoms in total. The Kier molecular flexibility index (Phi) is 2.52. The second-order valence-electron chi connectivity index (χ2n) is 3.22. The van der Waals surface area contributed by atoms with Crippen molar-refractivity contribution in [2.45, 2.75) is 13.2 Å². The maximum atomic E-state index is 5.55. The van der Waals surface area contributed by atoms with Crippen molar-refractivity contribution in [3.8, 4) is 0 Å². The maximum absolute atomic E-state index is 5.55. The Hall–Kier alpha value is -1.32. The fraction of sp³-hybridized carbons (Fsp3) is 0.273. The average Bonchev–Trinajstić information content (AvgIpc) is 2.59. The third-order valence-corrected chi connectivity index (χ3v) is 2.15. The molecule has 0 atom stereocenters. The zero-order chi connectivity index (χ0) is 9.97. The normalized spacial score (nSPS) is 11.0. The number of benzene rings is 1. The molecule has 0 saturated heterocycles. The van der Waals surface area contributed by atoms with Crippen LogP contribution < -0.4 is 5.73 Å². The van der Waals surface area contributed by atoms with E-state index in [9.17, 15) is 0 Å². The number of furan rings is 1. The molecule has 0 aliphatic rings. The number of nitrogens with two attached hydrogens (primary N) is 1. The smallest absolute Gasteiger partial charge is 0.134 e. The predicted molar refractivity (Wildman–Crippen MR) is 54.8 cm³/mol. The molecule has 0 fully saturated rings. The molecule has 14 heavy (non-hydrogen) atoms. The lowest BCUT2D eigenvalue weighted by Crippen LogP contribution is -1.94. The van der Waals surface area contributed by atoms with Crippen molar-refractivity contribution in [3.63, 3.8) is 0 Å². The fourth-order valence-corrected chi connectivity index (χ4v) is 1.49. The van der Waals surface area contributed by atoms with Crippen molar-refractivity contribution in [2.75, 3.05) is 7.11 Å². The van der Waals surface area contributed by atoms with Gasteiger partial charge in [-0.2, -0.15) is 0 Å². The first-order valence-corrected chi connectivity index (χ1v) is 4.54. The molecule has 0 amide bonds. The molecule has 0 aliphatic carbocycles. The van der Waals surface area contributed by atoms with E-state index in [1.54, 1.807) is 7.11 Å². The first-order valence-electron chi connectivity index (χ1n) is 4.54. The molecule has 1 aromatic heterocycles. The van der Waals surface area contributed by atoms with Gasteiger partial charge in [-0.1, -0.05) is 6.07 Å². The molecule has 1 aromatic carbocycles. The van der Waals surface area contributed by atoms with E-state index >= 15 is 0 Å². The third kappa shape index (κ3) is 1.64. The molecular weight excluding hydrogens is 178 g/mol. The van der Waals surface area contributed by atoms with Crippen LogP contribution in [0.2, 0.25) is 0 Å². The molecule has 0 saturated carbocycles. The van der Waals surface area contributed by atoms with Crippen LogP contribution >= 0.6 is 0 Å². The molecule has 2 aromatic rings. The Morgan fingerprint density at radius 3 is 2.93 bits per heavy atom. The molecule has 1 heterocycles. The van der Waals surface area contributed by atoms with E-state index in [-0.39, 0.29) is 0 Å². The Morgan fingerprint density at radius 2 is 2.21 bits per heavy atom. The largest absolute Gasteiger partial charge is 0.459 e. The zero-order valence-corrected chi connectivity index (χ0v) is 8.12. The quantitative estimate of drug-likeness (QED) is 0.807. The molecule has 3 heteroatoms. The lowest BCUT2D eigenvalue weighted by molar-refractivity contribution is 0.166. The topological polar surface area (TPSA) is 48.4 Å². The van der Waals surface area contributed by atoms with Crippen LogP contribution in [-0.4, -0.2) is 7.11 Å². The summed E-state index contributed by atoms with van der Waals surface area (Å²) in [6.45, 7) is 1.06. The molecule has 74 valence electrons. The number of ether oxygens (including phenoxy) is 1. The van der Waals surface area contributed by atoms with Gasteiger partial charge in [0.25, 0.3) is 0 Å². The molecule has 2 N–H and O–H groups in total. The van der Waals surface area contributed by atoms with Crippen molar-refractivity contribution >= 4 is 11.0 Å². The summed E-state index contributed by atoms with van der Waals surface area (Å²) < 4.78 is 10.5. The summed E-state index contributed by atoms with van der Waals surface area (Å²) in [4.78, 5) is 0. The van der Waals surface area contributed by atoms with Crippen LogP contribution in [0.4, 0.5) is 0 Å². The number of hydrogen-bond donors (Lipinski definition) is 1. The number of rotatable bonds is 3. The minimum atomic E-state index is 0.507. The van der Waals surface area contributed by atoms with Gasteiger partial charge in [-0.15, -0.1) is 0 Å². The lowest BCUT2D eigenvalue weighted by atomic mass is 10.1. The van der Waals surface area contributed by atoms with E-state index in [0.29, 0.717) is 13.2 Å². The van der Waals surface area contributed by atoms with Gasteiger partial charge >= 0.3 is 0 Å². The zero-order valence-electron chi connectivity index (χ0n) is 8.12. The standard InChI is InChI=1S/C11H13NO2/c1-13-7-10-5-9-4-8(6-12)2-3-11(9)14-10/h2-5H,6-7,12H2,1H3. The van der Waals surface area contributed by atoms with E-state index in [4.69, 9.17) is 14.9 Å². The van der Waals surface area contributed by atoms with Gasteiger partial charge in [0.1, 0.15) is 18.0 Å². The van der Waals surface area contributed by atoms with E-state index < -0.39 is 0 Å². The Bertz CT molecular complexity index is 434. The minimum absolute atomic E-state index is 0.507. The molecule has 0 aliphatic heterocycles. The predicted octanol–water partition coefficient (Wildman–Crippen LogP) is 2.04. The molecule has 2 rings (SSSR count). The SMILES string of the molecule is COCc1cc2cc(CN)ccc2o1. The van der Waals surface area contributed by atoms with E-state index in [1.165, 1.54) is 0 Å². The van der Waals surface area contributed by atoms with Crippen molar-refractivity contribution < 1.29 is 9.15 Å². The second-order valence-corrected chi connectivity index (χ2v) is 3.22. The second kappa shape index (κ2) is 3.82. The summed E-state index contributed by atoms with van der Waals surface area (Å²) in [5.74, 6) is 0.844. The highest BCUT2D eigenvalue weighted by Gasteiger charge is 2.03. The van der Waals surface area contributed by atoms with E-state index in [0.717, 1.165) is 22.3 Å². The van der Waals surface area contributed by atoms with Gasteiger partial charge in [-0.3, -0.25) is 0 Å². The van der Waals surface area contributed by atoms with Gasteiger partial charge in [0.05, 0.1) is 0 Å². The van der Waals surface area contributed by atoms with Crippen molar-refractivity contribution in [1.82, 2.24) is 0 Å². The van der Waals surface area contributed by atoms with Gasteiger partial charge in [0.15, 0.2) is 0 Å². The highest BCUT2D eigenvalue weighted by atomic mass is 16.5. The van der Waals surface area contributed by atoms with Crippen molar-refractivity contribution in [3.05, 3.63) is 35.6 Å². The van der Waals surface area contributed by atoms with Gasteiger partial charge in [-0.05, 0) is 23.8 Å². The Morgan fingerprint density at radius 1 is 1.36 bits per heavy atom. The van der Waals surface area contributed by atoms with Gasteiger partial charge in [-0.25, -0.2) is 0 Å². The maximum Gasteiger partial charge on any atom is 0.134 e. The van der Waals surface area contributed by atoms with Gasteiger partial charge in [0, 0.05) is 19.0 Å². The first-order chi connectivity index (χ1) is 6.83. The van der Waals surface area contributed by atoms with Crippen molar-refractivity contribution in [2.24, 2.45) is 5.73 Å². The summed E-state index contributed by atoms with van der Waals surface area (Å²) >= 11 is 0. The monoisotopic (exact) mass is 191 g/mol. The summed E-state index contributed by atoms with van der Waals surface area (Å²) in [6.07, 6.45) is 0. The lowest BCUT2D eigenvalue weighted by Gasteiger charge is -1.94. The third-order valence-electron chi connectivity index (χ3n) is 2.15. The van der Waals surface area contributed by atoms with E-state index in [2.05, 4.69) is 0 Å². The Labute approximate surface area is 82.5 Å².